The van der Waals surface area contributed by atoms with Gasteiger partial charge in [-0.05, 0) is 6.26 Å². The molecule has 20 heavy (non-hydrogen) atoms. The Hall–Kier alpha value is -0.590. The first-order valence-electron chi connectivity index (χ1n) is 6.89. The van der Waals surface area contributed by atoms with Crippen LogP contribution in [0.3, 0.4) is 0 Å². The van der Waals surface area contributed by atoms with Crippen LogP contribution in [-0.2, 0) is 14.2 Å². The highest BCUT2D eigenvalue weighted by Gasteiger charge is 2.47. The first-order chi connectivity index (χ1) is 9.70. The van der Waals surface area contributed by atoms with Crippen molar-refractivity contribution in [1.82, 2.24) is 0 Å². The summed E-state index contributed by atoms with van der Waals surface area (Å²) in [7, 11) is 0. The largest absolute Gasteiger partial charge is 0.390 e. The van der Waals surface area contributed by atoms with Gasteiger partial charge in [-0.15, -0.1) is 11.8 Å². The molecule has 5 heteroatoms. The second kappa shape index (κ2) is 6.03. The van der Waals surface area contributed by atoms with Crippen molar-refractivity contribution in [2.45, 2.75) is 37.0 Å². The summed E-state index contributed by atoms with van der Waals surface area (Å²) in [5.41, 5.74) is 0.963. The summed E-state index contributed by atoms with van der Waals surface area (Å²) in [6.45, 7) is 2.45. The molecule has 4 unspecified atom stereocenters. The molecule has 1 aromatic rings. The molecule has 0 radical (unpaired) electrons. The van der Waals surface area contributed by atoms with Gasteiger partial charge in [-0.1, -0.05) is 37.3 Å². The van der Waals surface area contributed by atoms with Gasteiger partial charge in [0.1, 0.15) is 17.6 Å². The summed E-state index contributed by atoms with van der Waals surface area (Å²) in [6, 6.07) is 9.80. The Morgan fingerprint density at radius 3 is 2.65 bits per heavy atom. The van der Waals surface area contributed by atoms with Crippen LogP contribution in [0.2, 0.25) is 0 Å². The summed E-state index contributed by atoms with van der Waals surface area (Å²) >= 11 is 1.62. The van der Waals surface area contributed by atoms with E-state index in [-0.39, 0.29) is 23.6 Å². The van der Waals surface area contributed by atoms with Crippen LogP contribution in [-0.4, -0.2) is 41.7 Å². The van der Waals surface area contributed by atoms with E-state index in [1.807, 2.05) is 43.5 Å². The molecule has 0 spiro atoms. The zero-order valence-corrected chi connectivity index (χ0v) is 12.5. The summed E-state index contributed by atoms with van der Waals surface area (Å²) in [4.78, 5) is 0. The lowest BCUT2D eigenvalue weighted by Gasteiger charge is -2.46. The number of fused-ring (bicyclic) bond motifs is 1. The van der Waals surface area contributed by atoms with E-state index < -0.39 is 12.4 Å². The van der Waals surface area contributed by atoms with E-state index in [2.05, 4.69) is 0 Å². The lowest BCUT2D eigenvalue weighted by atomic mass is 9.93. The summed E-state index contributed by atoms with van der Waals surface area (Å²) in [5.74, 6) is 0.0424. The fraction of sp³-hybridized carbons (Fsp3) is 0.600. The Labute approximate surface area is 123 Å². The molecule has 0 saturated carbocycles. The number of ether oxygens (including phenoxy) is 3. The fourth-order valence-corrected chi connectivity index (χ4v) is 3.62. The van der Waals surface area contributed by atoms with Gasteiger partial charge in [0, 0.05) is 11.5 Å². The van der Waals surface area contributed by atoms with E-state index in [1.165, 1.54) is 0 Å². The number of thioether (sulfide) groups is 1. The lowest BCUT2D eigenvalue weighted by molar-refractivity contribution is -0.311. The van der Waals surface area contributed by atoms with Crippen LogP contribution in [0.25, 0.3) is 0 Å². The van der Waals surface area contributed by atoms with Crippen LogP contribution in [0, 0.1) is 5.92 Å². The molecule has 6 atom stereocenters. The normalized spacial score (nSPS) is 41.1. The second-order valence-corrected chi connectivity index (χ2v) is 6.24. The van der Waals surface area contributed by atoms with E-state index in [0.29, 0.717) is 6.61 Å². The number of hydrogen-bond acceptors (Lipinski definition) is 5. The Balaban J connectivity index is 1.74. The smallest absolute Gasteiger partial charge is 0.184 e. The number of rotatable bonds is 2. The van der Waals surface area contributed by atoms with Gasteiger partial charge in [0.15, 0.2) is 6.29 Å². The van der Waals surface area contributed by atoms with Crippen LogP contribution in [0.4, 0.5) is 0 Å². The van der Waals surface area contributed by atoms with Crippen molar-refractivity contribution in [3.63, 3.8) is 0 Å². The third-order valence-electron chi connectivity index (χ3n) is 3.98. The Morgan fingerprint density at radius 1 is 1.20 bits per heavy atom. The van der Waals surface area contributed by atoms with Crippen molar-refractivity contribution in [2.75, 3.05) is 12.9 Å². The fourth-order valence-electron chi connectivity index (χ4n) is 2.78. The SMILES string of the molecule is CSC1OC2COC(c3ccccc3)OC2[C@H](O)[C@H]1C. The van der Waals surface area contributed by atoms with Crippen molar-refractivity contribution in [2.24, 2.45) is 5.92 Å². The van der Waals surface area contributed by atoms with Crippen LogP contribution in [0.1, 0.15) is 18.8 Å². The molecule has 2 fully saturated rings. The highest BCUT2D eigenvalue weighted by Crippen LogP contribution is 2.38. The Bertz CT molecular complexity index is 439. The van der Waals surface area contributed by atoms with Crippen molar-refractivity contribution in [1.29, 1.82) is 0 Å². The van der Waals surface area contributed by atoms with Gasteiger partial charge in [0.05, 0.1) is 12.7 Å². The van der Waals surface area contributed by atoms with Crippen LogP contribution in [0.15, 0.2) is 30.3 Å². The lowest BCUT2D eigenvalue weighted by Crippen LogP contribution is -2.57. The zero-order valence-electron chi connectivity index (χ0n) is 11.6. The minimum absolute atomic E-state index is 0.00766. The molecule has 2 aliphatic heterocycles. The standard InChI is InChI=1S/C15H20O4S/c1-9-12(16)13-11(18-15(9)20-2)8-17-14(19-13)10-6-4-3-5-7-10/h3-7,9,11-16H,8H2,1-2H3/t9-,11?,12-,13?,14?,15?/m1/s1. The van der Waals surface area contributed by atoms with Crippen molar-refractivity contribution >= 4 is 11.8 Å². The van der Waals surface area contributed by atoms with Gasteiger partial charge in [-0.3, -0.25) is 0 Å². The minimum Gasteiger partial charge on any atom is -0.390 e. The molecule has 0 aromatic heterocycles. The average molecular weight is 296 g/mol. The minimum atomic E-state index is -0.527. The molecule has 4 nitrogen and oxygen atoms in total. The maximum absolute atomic E-state index is 10.5. The predicted octanol–water partition coefficient (Wildman–Crippen LogP) is 2.19. The van der Waals surface area contributed by atoms with Gasteiger partial charge < -0.3 is 19.3 Å². The molecule has 0 amide bonds. The number of benzene rings is 1. The molecular weight excluding hydrogens is 276 g/mol. The molecule has 110 valence electrons. The third-order valence-corrected chi connectivity index (χ3v) is 4.98. The topological polar surface area (TPSA) is 47.9 Å². The summed E-state index contributed by atoms with van der Waals surface area (Å²) in [6.07, 6.45) is 0.520. The third kappa shape index (κ3) is 2.61. The maximum Gasteiger partial charge on any atom is 0.184 e. The first kappa shape index (κ1) is 14.4. The van der Waals surface area contributed by atoms with E-state index in [1.54, 1.807) is 11.8 Å². The van der Waals surface area contributed by atoms with Gasteiger partial charge in [0.2, 0.25) is 0 Å². The molecule has 2 saturated heterocycles. The molecule has 1 N–H and O–H groups in total. The number of aliphatic hydroxyl groups excluding tert-OH is 1. The number of aliphatic hydroxyl groups is 1. The molecule has 0 aliphatic carbocycles. The summed E-state index contributed by atoms with van der Waals surface area (Å²) in [5, 5.41) is 10.5. The van der Waals surface area contributed by atoms with Crippen molar-refractivity contribution < 1.29 is 19.3 Å². The van der Waals surface area contributed by atoms with Gasteiger partial charge >= 0.3 is 0 Å². The first-order valence-corrected chi connectivity index (χ1v) is 8.18. The number of hydrogen-bond donors (Lipinski definition) is 1. The van der Waals surface area contributed by atoms with Crippen LogP contribution >= 0.6 is 11.8 Å². The highest BCUT2D eigenvalue weighted by molar-refractivity contribution is 7.99. The van der Waals surface area contributed by atoms with Gasteiger partial charge in [-0.25, -0.2) is 0 Å². The molecule has 1 aromatic carbocycles. The molecule has 2 aliphatic rings. The van der Waals surface area contributed by atoms with E-state index in [4.69, 9.17) is 14.2 Å². The van der Waals surface area contributed by atoms with E-state index >= 15 is 0 Å². The van der Waals surface area contributed by atoms with Crippen molar-refractivity contribution in [3.8, 4) is 0 Å². The van der Waals surface area contributed by atoms with E-state index in [0.717, 1.165) is 5.56 Å². The van der Waals surface area contributed by atoms with Gasteiger partial charge in [0.25, 0.3) is 0 Å². The summed E-state index contributed by atoms with van der Waals surface area (Å²) < 4.78 is 17.6. The zero-order chi connectivity index (χ0) is 14.1. The molecule has 2 heterocycles. The Morgan fingerprint density at radius 2 is 1.95 bits per heavy atom. The van der Waals surface area contributed by atoms with Crippen LogP contribution in [0.5, 0.6) is 0 Å². The second-order valence-electron chi connectivity index (χ2n) is 5.30. The van der Waals surface area contributed by atoms with E-state index in [9.17, 15) is 5.11 Å². The quantitative estimate of drug-likeness (QED) is 0.906. The van der Waals surface area contributed by atoms with Gasteiger partial charge in [-0.2, -0.15) is 0 Å². The molecule has 0 bridgehead atoms. The predicted molar refractivity (Wildman–Crippen MR) is 77.4 cm³/mol. The Kier molecular flexibility index (Phi) is 4.33. The maximum atomic E-state index is 10.5. The average Bonchev–Trinajstić information content (AvgIpc) is 2.51. The monoisotopic (exact) mass is 296 g/mol. The highest BCUT2D eigenvalue weighted by atomic mass is 32.2. The van der Waals surface area contributed by atoms with Crippen LogP contribution < -0.4 is 0 Å². The van der Waals surface area contributed by atoms with Crippen molar-refractivity contribution in [3.05, 3.63) is 35.9 Å². The molecular formula is C15H20O4S. The molecule has 3 rings (SSSR count).